The molecule has 82 valence electrons. The minimum Gasteiger partial charge on any atom is -0.455 e. The summed E-state index contributed by atoms with van der Waals surface area (Å²) in [6.07, 6.45) is 1.43. The van der Waals surface area contributed by atoms with Crippen molar-refractivity contribution >= 4 is 40.2 Å². The smallest absolute Gasteiger partial charge is 0.358 e. The first-order valence-electron chi connectivity index (χ1n) is 4.34. The van der Waals surface area contributed by atoms with Gasteiger partial charge in [0.1, 0.15) is 5.60 Å². The molecule has 0 aliphatic heterocycles. The van der Waals surface area contributed by atoms with Crippen LogP contribution >= 0.6 is 34.2 Å². The van der Waals surface area contributed by atoms with E-state index < -0.39 is 11.6 Å². The Balaban J connectivity index is 2.92. The summed E-state index contributed by atoms with van der Waals surface area (Å²) in [7, 11) is 0. The van der Waals surface area contributed by atoms with Crippen LogP contribution in [0.2, 0.25) is 5.02 Å². The number of halogens is 2. The molecule has 1 aromatic rings. The zero-order valence-corrected chi connectivity index (χ0v) is 11.6. The van der Waals surface area contributed by atoms with Gasteiger partial charge in [-0.1, -0.05) is 11.6 Å². The van der Waals surface area contributed by atoms with Crippen LogP contribution in [0.4, 0.5) is 0 Å². The van der Waals surface area contributed by atoms with Gasteiger partial charge in [-0.05, 0) is 49.4 Å². The van der Waals surface area contributed by atoms with Crippen molar-refractivity contribution in [2.45, 2.75) is 26.4 Å². The van der Waals surface area contributed by atoms with Crippen LogP contribution in [0, 0.1) is 3.57 Å². The molecule has 0 spiro atoms. The highest BCUT2D eigenvalue weighted by molar-refractivity contribution is 14.1. The molecule has 1 heterocycles. The van der Waals surface area contributed by atoms with Crippen molar-refractivity contribution < 1.29 is 9.53 Å². The zero-order valence-electron chi connectivity index (χ0n) is 8.67. The largest absolute Gasteiger partial charge is 0.455 e. The number of carbonyl (C=O) groups excluding carboxylic acids is 1. The van der Waals surface area contributed by atoms with Crippen molar-refractivity contribution in [3.63, 3.8) is 0 Å². The second-order valence-corrected chi connectivity index (χ2v) is 5.58. The number of hydrogen-bond acceptors (Lipinski definition) is 3. The monoisotopic (exact) mass is 339 g/mol. The van der Waals surface area contributed by atoms with Gasteiger partial charge in [-0.15, -0.1) is 0 Å². The van der Waals surface area contributed by atoms with E-state index in [0.29, 0.717) is 14.3 Å². The molecule has 0 radical (unpaired) electrons. The Hall–Kier alpha value is -0.360. The third kappa shape index (κ3) is 3.95. The Morgan fingerprint density at radius 1 is 1.53 bits per heavy atom. The highest BCUT2D eigenvalue weighted by atomic mass is 127. The molecule has 3 nitrogen and oxygen atoms in total. The highest BCUT2D eigenvalue weighted by Crippen LogP contribution is 2.18. The second-order valence-electron chi connectivity index (χ2n) is 3.99. The molecule has 15 heavy (non-hydrogen) atoms. The van der Waals surface area contributed by atoms with Crippen LogP contribution in [0.5, 0.6) is 0 Å². The SMILES string of the molecule is CC(C)(C)OC(=O)c1ncc(Cl)cc1I. The molecule has 0 aliphatic carbocycles. The summed E-state index contributed by atoms with van der Waals surface area (Å²) >= 11 is 7.74. The number of pyridine rings is 1. The van der Waals surface area contributed by atoms with E-state index in [-0.39, 0.29) is 0 Å². The Bertz CT molecular complexity index is 387. The lowest BCUT2D eigenvalue weighted by Crippen LogP contribution is -2.25. The molecule has 0 fully saturated rings. The van der Waals surface area contributed by atoms with E-state index in [1.54, 1.807) is 6.07 Å². The molecule has 0 unspecified atom stereocenters. The zero-order chi connectivity index (χ0) is 11.6. The molecule has 0 saturated carbocycles. The lowest BCUT2D eigenvalue weighted by atomic mass is 10.2. The fourth-order valence-corrected chi connectivity index (χ4v) is 1.93. The van der Waals surface area contributed by atoms with E-state index in [9.17, 15) is 4.79 Å². The Kier molecular flexibility index (Phi) is 3.94. The standard InChI is InChI=1S/C10H11ClINO2/c1-10(2,3)15-9(14)8-7(12)4-6(11)5-13-8/h4-5H,1-3H3. The summed E-state index contributed by atoms with van der Waals surface area (Å²) in [5, 5.41) is 0.506. The third-order valence-electron chi connectivity index (χ3n) is 1.40. The first kappa shape index (κ1) is 12.7. The summed E-state index contributed by atoms with van der Waals surface area (Å²) in [6, 6.07) is 1.67. The molecule has 5 heteroatoms. The van der Waals surface area contributed by atoms with Crippen molar-refractivity contribution in [2.75, 3.05) is 0 Å². The van der Waals surface area contributed by atoms with Crippen molar-refractivity contribution in [3.05, 3.63) is 26.5 Å². The van der Waals surface area contributed by atoms with Gasteiger partial charge in [-0.25, -0.2) is 9.78 Å². The number of ether oxygens (including phenoxy) is 1. The molecule has 0 aliphatic rings. The second kappa shape index (κ2) is 4.65. The first-order valence-corrected chi connectivity index (χ1v) is 5.79. The van der Waals surface area contributed by atoms with Gasteiger partial charge in [0.2, 0.25) is 0 Å². The number of carbonyl (C=O) groups is 1. The normalized spacial score (nSPS) is 11.3. The average Bonchev–Trinajstić information content (AvgIpc) is 1.99. The van der Waals surface area contributed by atoms with Crippen molar-refractivity contribution in [1.29, 1.82) is 0 Å². The van der Waals surface area contributed by atoms with Gasteiger partial charge in [0.15, 0.2) is 5.69 Å². The lowest BCUT2D eigenvalue weighted by Gasteiger charge is -2.19. The maximum absolute atomic E-state index is 11.7. The van der Waals surface area contributed by atoms with Crippen molar-refractivity contribution in [2.24, 2.45) is 0 Å². The van der Waals surface area contributed by atoms with E-state index in [2.05, 4.69) is 4.98 Å². The van der Waals surface area contributed by atoms with Gasteiger partial charge in [0.05, 0.1) is 5.02 Å². The molecule has 0 bridgehead atoms. The maximum Gasteiger partial charge on any atom is 0.358 e. The Labute approximate surface area is 107 Å². The molecule has 0 aromatic carbocycles. The molecule has 0 saturated heterocycles. The van der Waals surface area contributed by atoms with Crippen LogP contribution in [0.25, 0.3) is 0 Å². The van der Waals surface area contributed by atoms with Crippen LogP contribution in [0.3, 0.4) is 0 Å². The van der Waals surface area contributed by atoms with Crippen LogP contribution < -0.4 is 0 Å². The number of rotatable bonds is 1. The van der Waals surface area contributed by atoms with Crippen LogP contribution in [0.1, 0.15) is 31.3 Å². The number of hydrogen-bond donors (Lipinski definition) is 0. The molecule has 1 aromatic heterocycles. The third-order valence-corrected chi connectivity index (χ3v) is 2.43. The van der Waals surface area contributed by atoms with E-state index in [4.69, 9.17) is 16.3 Å². The fraction of sp³-hybridized carbons (Fsp3) is 0.400. The van der Waals surface area contributed by atoms with E-state index >= 15 is 0 Å². The lowest BCUT2D eigenvalue weighted by molar-refractivity contribution is 0.00615. The summed E-state index contributed by atoms with van der Waals surface area (Å²) in [5.74, 6) is -0.427. The fourth-order valence-electron chi connectivity index (χ4n) is 0.891. The number of nitrogens with zero attached hydrogens (tertiary/aromatic N) is 1. The molecule has 0 atom stereocenters. The Morgan fingerprint density at radius 2 is 2.13 bits per heavy atom. The van der Waals surface area contributed by atoms with Gasteiger partial charge in [-0.2, -0.15) is 0 Å². The van der Waals surface area contributed by atoms with Crippen LogP contribution in [-0.4, -0.2) is 16.6 Å². The van der Waals surface area contributed by atoms with Crippen LogP contribution in [0.15, 0.2) is 12.3 Å². The summed E-state index contributed by atoms with van der Waals surface area (Å²) < 4.78 is 5.88. The molecule has 0 N–H and O–H groups in total. The minimum absolute atomic E-state index is 0.301. The van der Waals surface area contributed by atoms with Gasteiger partial charge >= 0.3 is 5.97 Å². The van der Waals surface area contributed by atoms with Gasteiger partial charge in [0, 0.05) is 9.77 Å². The average molecular weight is 340 g/mol. The quantitative estimate of drug-likeness (QED) is 0.582. The number of aromatic nitrogens is 1. The van der Waals surface area contributed by atoms with Crippen molar-refractivity contribution in [1.82, 2.24) is 4.98 Å². The predicted octanol–water partition coefficient (Wildman–Crippen LogP) is 3.29. The van der Waals surface area contributed by atoms with Gasteiger partial charge in [0.25, 0.3) is 0 Å². The molecular formula is C10H11ClINO2. The van der Waals surface area contributed by atoms with Gasteiger partial charge in [-0.3, -0.25) is 0 Å². The van der Waals surface area contributed by atoms with Crippen molar-refractivity contribution in [3.8, 4) is 0 Å². The summed E-state index contributed by atoms with van der Waals surface area (Å²) in [5.41, 5.74) is -0.212. The molecular weight excluding hydrogens is 328 g/mol. The van der Waals surface area contributed by atoms with E-state index in [1.807, 2.05) is 43.4 Å². The minimum atomic E-state index is -0.512. The van der Waals surface area contributed by atoms with E-state index in [1.165, 1.54) is 6.20 Å². The summed E-state index contributed by atoms with van der Waals surface area (Å²) in [6.45, 7) is 5.44. The molecule has 0 amide bonds. The first-order chi connectivity index (χ1) is 6.79. The van der Waals surface area contributed by atoms with Crippen LogP contribution in [-0.2, 0) is 4.74 Å². The number of esters is 1. The molecule has 1 rings (SSSR count). The Morgan fingerprint density at radius 3 is 2.60 bits per heavy atom. The maximum atomic E-state index is 11.7. The summed E-state index contributed by atoms with van der Waals surface area (Å²) in [4.78, 5) is 15.6. The topological polar surface area (TPSA) is 39.2 Å². The highest BCUT2D eigenvalue weighted by Gasteiger charge is 2.20. The van der Waals surface area contributed by atoms with E-state index in [0.717, 1.165) is 0 Å². The predicted molar refractivity (Wildman–Crippen MR) is 67.1 cm³/mol. The van der Waals surface area contributed by atoms with Gasteiger partial charge < -0.3 is 4.74 Å².